The fourth-order valence-corrected chi connectivity index (χ4v) is 2.26. The Bertz CT molecular complexity index is 433. The first-order chi connectivity index (χ1) is 9.13. The summed E-state index contributed by atoms with van der Waals surface area (Å²) < 4.78 is 10.8. The van der Waals surface area contributed by atoms with E-state index in [0.717, 1.165) is 24.1 Å². The molecule has 1 aromatic rings. The lowest BCUT2D eigenvalue weighted by Gasteiger charge is -2.11. The molecule has 1 aliphatic heterocycles. The summed E-state index contributed by atoms with van der Waals surface area (Å²) in [6, 6.07) is 7.57. The monoisotopic (exact) mass is 263 g/mol. The maximum atomic E-state index is 11.6. The van der Waals surface area contributed by atoms with Gasteiger partial charge in [-0.15, -0.1) is 0 Å². The Balaban J connectivity index is 1.67. The minimum atomic E-state index is -0.175. The number of ether oxygens (including phenoxy) is 2. The number of aryl methyl sites for hydroxylation is 1. The largest absolute Gasteiger partial charge is 0.463 e. The van der Waals surface area contributed by atoms with Crippen molar-refractivity contribution in [1.29, 1.82) is 0 Å². The lowest BCUT2D eigenvalue weighted by molar-refractivity contribution is -0.147. The minimum Gasteiger partial charge on any atom is -0.463 e. The zero-order valence-corrected chi connectivity index (χ0v) is 11.3. The predicted molar refractivity (Wildman–Crippen MR) is 73.7 cm³/mol. The number of anilines is 1. The molecule has 2 N–H and O–H groups in total. The summed E-state index contributed by atoms with van der Waals surface area (Å²) in [5.41, 5.74) is 7.47. The highest BCUT2D eigenvalue weighted by molar-refractivity contribution is 5.69. The van der Waals surface area contributed by atoms with Crippen LogP contribution in [0.4, 0.5) is 5.69 Å². The summed E-state index contributed by atoms with van der Waals surface area (Å²) in [6.45, 7) is 2.42. The van der Waals surface area contributed by atoms with Crippen LogP contribution < -0.4 is 5.73 Å². The van der Waals surface area contributed by atoms with Gasteiger partial charge in [0.1, 0.15) is 6.61 Å². The van der Waals surface area contributed by atoms with Crippen LogP contribution in [0.5, 0.6) is 0 Å². The third-order valence-corrected chi connectivity index (χ3v) is 3.32. The molecule has 0 radical (unpaired) electrons. The van der Waals surface area contributed by atoms with E-state index in [-0.39, 0.29) is 18.2 Å². The summed E-state index contributed by atoms with van der Waals surface area (Å²) in [5.74, 6) is -0.175. The first kappa shape index (κ1) is 13.9. The molecule has 104 valence electrons. The molecule has 0 aromatic heterocycles. The van der Waals surface area contributed by atoms with E-state index in [1.807, 2.05) is 31.2 Å². The fraction of sp³-hybridized carbons (Fsp3) is 0.533. The highest BCUT2D eigenvalue weighted by Gasteiger charge is 2.22. The Morgan fingerprint density at radius 2 is 2.32 bits per heavy atom. The van der Waals surface area contributed by atoms with Gasteiger partial charge in [-0.2, -0.15) is 0 Å². The highest BCUT2D eigenvalue weighted by Crippen LogP contribution is 2.19. The van der Waals surface area contributed by atoms with Crippen LogP contribution in [0.3, 0.4) is 0 Å². The average molecular weight is 263 g/mol. The van der Waals surface area contributed by atoms with Crippen molar-refractivity contribution in [2.45, 2.75) is 44.8 Å². The number of rotatable bonds is 5. The fourth-order valence-electron chi connectivity index (χ4n) is 2.26. The SMILES string of the molecule is CC1CCC(COC(=O)CCc2cccc(N)c2)O1. The Morgan fingerprint density at radius 3 is 3.00 bits per heavy atom. The molecular weight excluding hydrogens is 242 g/mol. The molecule has 0 spiro atoms. The number of nitrogens with two attached hydrogens (primary N) is 1. The molecule has 0 saturated carbocycles. The van der Waals surface area contributed by atoms with Gasteiger partial charge in [0.25, 0.3) is 0 Å². The standard InChI is InChI=1S/C15H21NO3/c1-11-5-7-14(19-11)10-18-15(17)8-6-12-3-2-4-13(16)9-12/h2-4,9,11,14H,5-8,10,16H2,1H3. The summed E-state index contributed by atoms with van der Waals surface area (Å²) in [6.07, 6.45) is 3.43. The quantitative estimate of drug-likeness (QED) is 0.654. The molecule has 19 heavy (non-hydrogen) atoms. The molecule has 1 fully saturated rings. The van der Waals surface area contributed by atoms with Crippen LogP contribution in [-0.2, 0) is 20.7 Å². The number of hydrogen-bond acceptors (Lipinski definition) is 4. The number of hydrogen-bond donors (Lipinski definition) is 1. The number of carbonyl (C=O) groups excluding carboxylic acids is 1. The Hall–Kier alpha value is -1.55. The van der Waals surface area contributed by atoms with E-state index in [0.29, 0.717) is 19.4 Å². The normalized spacial score (nSPS) is 22.4. The van der Waals surface area contributed by atoms with E-state index in [4.69, 9.17) is 15.2 Å². The second kappa shape index (κ2) is 6.57. The second-order valence-corrected chi connectivity index (χ2v) is 5.07. The molecule has 4 nitrogen and oxygen atoms in total. The Labute approximate surface area is 113 Å². The van der Waals surface area contributed by atoms with Crippen LogP contribution in [-0.4, -0.2) is 24.8 Å². The van der Waals surface area contributed by atoms with Crippen molar-refractivity contribution >= 4 is 11.7 Å². The molecule has 0 bridgehead atoms. The van der Waals surface area contributed by atoms with E-state index in [2.05, 4.69) is 0 Å². The van der Waals surface area contributed by atoms with Gasteiger partial charge in [-0.1, -0.05) is 12.1 Å². The van der Waals surface area contributed by atoms with Crippen LogP contribution in [0, 0.1) is 0 Å². The molecule has 1 saturated heterocycles. The Kier molecular flexibility index (Phi) is 4.80. The molecule has 1 heterocycles. The third-order valence-electron chi connectivity index (χ3n) is 3.32. The topological polar surface area (TPSA) is 61.5 Å². The molecule has 2 rings (SSSR count). The van der Waals surface area contributed by atoms with Crippen molar-refractivity contribution in [3.63, 3.8) is 0 Å². The van der Waals surface area contributed by atoms with E-state index in [9.17, 15) is 4.79 Å². The van der Waals surface area contributed by atoms with Gasteiger partial charge >= 0.3 is 5.97 Å². The van der Waals surface area contributed by atoms with Crippen molar-refractivity contribution in [3.05, 3.63) is 29.8 Å². The van der Waals surface area contributed by atoms with Gasteiger partial charge in [0.2, 0.25) is 0 Å². The van der Waals surface area contributed by atoms with Gasteiger partial charge in [0.15, 0.2) is 0 Å². The van der Waals surface area contributed by atoms with Crippen molar-refractivity contribution in [1.82, 2.24) is 0 Å². The lowest BCUT2D eigenvalue weighted by Crippen LogP contribution is -2.19. The second-order valence-electron chi connectivity index (χ2n) is 5.07. The zero-order chi connectivity index (χ0) is 13.7. The summed E-state index contributed by atoms with van der Waals surface area (Å²) in [7, 11) is 0. The van der Waals surface area contributed by atoms with Crippen LogP contribution in [0.25, 0.3) is 0 Å². The van der Waals surface area contributed by atoms with Crippen molar-refractivity contribution in [2.24, 2.45) is 0 Å². The maximum Gasteiger partial charge on any atom is 0.306 e. The van der Waals surface area contributed by atoms with Crippen LogP contribution >= 0.6 is 0 Å². The molecule has 1 aliphatic rings. The van der Waals surface area contributed by atoms with E-state index < -0.39 is 0 Å². The summed E-state index contributed by atoms with van der Waals surface area (Å²) in [5, 5.41) is 0. The number of esters is 1. The maximum absolute atomic E-state index is 11.6. The molecule has 2 unspecified atom stereocenters. The van der Waals surface area contributed by atoms with Gasteiger partial charge in [-0.3, -0.25) is 4.79 Å². The van der Waals surface area contributed by atoms with Gasteiger partial charge in [-0.25, -0.2) is 0 Å². The van der Waals surface area contributed by atoms with Gasteiger partial charge < -0.3 is 15.2 Å². The molecule has 0 aliphatic carbocycles. The molecule has 2 atom stereocenters. The van der Waals surface area contributed by atoms with Gasteiger partial charge in [-0.05, 0) is 43.9 Å². The molecule has 4 heteroatoms. The predicted octanol–water partition coefficient (Wildman–Crippen LogP) is 2.31. The van der Waals surface area contributed by atoms with Crippen molar-refractivity contribution in [2.75, 3.05) is 12.3 Å². The molecule has 0 amide bonds. The molecule has 1 aromatic carbocycles. The Morgan fingerprint density at radius 1 is 1.47 bits per heavy atom. The van der Waals surface area contributed by atoms with E-state index >= 15 is 0 Å². The third kappa shape index (κ3) is 4.56. The smallest absolute Gasteiger partial charge is 0.306 e. The van der Waals surface area contributed by atoms with Crippen LogP contribution in [0.2, 0.25) is 0 Å². The number of nitrogen functional groups attached to an aromatic ring is 1. The van der Waals surface area contributed by atoms with Crippen molar-refractivity contribution in [3.8, 4) is 0 Å². The zero-order valence-electron chi connectivity index (χ0n) is 11.3. The minimum absolute atomic E-state index is 0.0753. The van der Waals surface area contributed by atoms with Crippen LogP contribution in [0.1, 0.15) is 31.7 Å². The lowest BCUT2D eigenvalue weighted by atomic mass is 10.1. The van der Waals surface area contributed by atoms with E-state index in [1.54, 1.807) is 0 Å². The van der Waals surface area contributed by atoms with E-state index in [1.165, 1.54) is 0 Å². The summed E-state index contributed by atoms with van der Waals surface area (Å²) >= 11 is 0. The van der Waals surface area contributed by atoms with Crippen molar-refractivity contribution < 1.29 is 14.3 Å². The first-order valence-electron chi connectivity index (χ1n) is 6.79. The van der Waals surface area contributed by atoms with Gasteiger partial charge in [0, 0.05) is 12.1 Å². The first-order valence-corrected chi connectivity index (χ1v) is 6.79. The number of benzene rings is 1. The number of carbonyl (C=O) groups is 1. The van der Waals surface area contributed by atoms with Crippen LogP contribution in [0.15, 0.2) is 24.3 Å². The highest BCUT2D eigenvalue weighted by atomic mass is 16.6. The molecular formula is C15H21NO3. The average Bonchev–Trinajstić information content (AvgIpc) is 2.80. The summed E-state index contributed by atoms with van der Waals surface area (Å²) in [4.78, 5) is 11.6. The van der Waals surface area contributed by atoms with Gasteiger partial charge in [0.05, 0.1) is 12.2 Å².